The average Bonchev–Trinajstić information content (AvgIpc) is 2.76. The number of hydrogen-bond acceptors (Lipinski definition) is 5. The fourth-order valence-electron chi connectivity index (χ4n) is 2.86. The lowest BCUT2D eigenvalue weighted by Crippen LogP contribution is -2.43. The van der Waals surface area contributed by atoms with Gasteiger partial charge >= 0.3 is 0 Å². The van der Waals surface area contributed by atoms with Gasteiger partial charge in [0.15, 0.2) is 0 Å². The highest BCUT2D eigenvalue weighted by Gasteiger charge is 2.34. The van der Waals surface area contributed by atoms with E-state index in [0.717, 1.165) is 43.4 Å². The molecule has 1 aromatic rings. The fraction of sp³-hybridized carbons (Fsp3) is 0.714. The van der Waals surface area contributed by atoms with Crippen LogP contribution in [0.5, 0.6) is 0 Å². The van der Waals surface area contributed by atoms with E-state index in [9.17, 15) is 0 Å². The molecule has 1 N–H and O–H groups in total. The van der Waals surface area contributed by atoms with Gasteiger partial charge in [-0.1, -0.05) is 6.92 Å². The van der Waals surface area contributed by atoms with Gasteiger partial charge in [-0.3, -0.25) is 0 Å². The maximum absolute atomic E-state index is 5.88. The van der Waals surface area contributed by atoms with Crippen molar-refractivity contribution in [3.8, 4) is 0 Å². The summed E-state index contributed by atoms with van der Waals surface area (Å²) in [5.41, 5.74) is 1.14. The molecular formula is C14H22N4O. The van der Waals surface area contributed by atoms with E-state index < -0.39 is 0 Å². The number of anilines is 2. The van der Waals surface area contributed by atoms with Gasteiger partial charge in [-0.05, 0) is 26.2 Å². The van der Waals surface area contributed by atoms with Crippen LogP contribution in [0.2, 0.25) is 0 Å². The minimum Gasteiger partial charge on any atom is -0.371 e. The summed E-state index contributed by atoms with van der Waals surface area (Å²) in [5, 5.41) is 3.26. The molecule has 3 heterocycles. The van der Waals surface area contributed by atoms with E-state index in [0.29, 0.717) is 12.2 Å². The molecule has 2 atom stereocenters. The highest BCUT2D eigenvalue weighted by atomic mass is 16.5. The number of nitrogens with one attached hydrogen (secondary N) is 1. The average molecular weight is 262 g/mol. The first-order valence-corrected chi connectivity index (χ1v) is 7.24. The summed E-state index contributed by atoms with van der Waals surface area (Å²) in [5.74, 6) is 1.80. The van der Waals surface area contributed by atoms with E-state index in [1.807, 2.05) is 6.20 Å². The van der Waals surface area contributed by atoms with Gasteiger partial charge in [0.25, 0.3) is 0 Å². The summed E-state index contributed by atoms with van der Waals surface area (Å²) in [6, 6.07) is 0. The second-order valence-corrected chi connectivity index (χ2v) is 5.49. The fourth-order valence-corrected chi connectivity index (χ4v) is 2.86. The molecule has 0 saturated carbocycles. The number of aromatic nitrogens is 2. The molecule has 1 aromatic heterocycles. The van der Waals surface area contributed by atoms with Crippen LogP contribution in [0.25, 0.3) is 0 Å². The molecule has 2 aliphatic heterocycles. The molecule has 3 rings (SSSR count). The summed E-state index contributed by atoms with van der Waals surface area (Å²) in [4.78, 5) is 11.4. The van der Waals surface area contributed by atoms with Crippen molar-refractivity contribution < 1.29 is 4.74 Å². The summed E-state index contributed by atoms with van der Waals surface area (Å²) < 4.78 is 5.88. The summed E-state index contributed by atoms with van der Waals surface area (Å²) in [6.07, 6.45) is 6.14. The van der Waals surface area contributed by atoms with E-state index >= 15 is 0 Å². The van der Waals surface area contributed by atoms with Gasteiger partial charge in [-0.2, -0.15) is 4.98 Å². The Morgan fingerprint density at radius 1 is 1.37 bits per heavy atom. The van der Waals surface area contributed by atoms with Crippen molar-refractivity contribution in [3.05, 3.63) is 11.8 Å². The van der Waals surface area contributed by atoms with Gasteiger partial charge in [-0.25, -0.2) is 4.98 Å². The first-order chi connectivity index (χ1) is 9.26. The summed E-state index contributed by atoms with van der Waals surface area (Å²) >= 11 is 0. The second-order valence-electron chi connectivity index (χ2n) is 5.49. The topological polar surface area (TPSA) is 50.3 Å². The Bertz CT molecular complexity index is 439. The largest absolute Gasteiger partial charge is 0.371 e. The molecule has 19 heavy (non-hydrogen) atoms. The number of nitrogens with zero attached hydrogens (tertiary/aromatic N) is 3. The molecule has 2 unspecified atom stereocenters. The molecule has 0 aromatic carbocycles. The first kappa shape index (κ1) is 12.7. The highest BCUT2D eigenvalue weighted by molar-refractivity contribution is 5.49. The number of rotatable bonds is 4. The van der Waals surface area contributed by atoms with Gasteiger partial charge < -0.3 is 15.0 Å². The molecule has 2 saturated heterocycles. The van der Waals surface area contributed by atoms with E-state index in [-0.39, 0.29) is 0 Å². The Hall–Kier alpha value is -1.36. The lowest BCUT2D eigenvalue weighted by atomic mass is 10.2. The van der Waals surface area contributed by atoms with Gasteiger partial charge in [0, 0.05) is 31.4 Å². The molecule has 0 aliphatic carbocycles. The van der Waals surface area contributed by atoms with Crippen molar-refractivity contribution >= 4 is 11.8 Å². The number of morpholine rings is 1. The predicted molar refractivity (Wildman–Crippen MR) is 75.7 cm³/mol. The minimum atomic E-state index is 0.389. The van der Waals surface area contributed by atoms with E-state index in [1.165, 1.54) is 12.8 Å². The van der Waals surface area contributed by atoms with Gasteiger partial charge in [0.1, 0.15) is 5.82 Å². The van der Waals surface area contributed by atoms with Gasteiger partial charge in [0.2, 0.25) is 5.95 Å². The SMILES string of the molecule is CCCNc1ncc(C)c(N2CC3CCC(C2)O3)n1. The smallest absolute Gasteiger partial charge is 0.224 e. The van der Waals surface area contributed by atoms with Crippen molar-refractivity contribution in [2.45, 2.75) is 45.3 Å². The third-order valence-corrected chi connectivity index (χ3v) is 3.82. The monoisotopic (exact) mass is 262 g/mol. The van der Waals surface area contributed by atoms with E-state index in [1.54, 1.807) is 0 Å². The molecule has 2 bridgehead atoms. The van der Waals surface area contributed by atoms with Crippen molar-refractivity contribution in [2.75, 3.05) is 29.9 Å². The quantitative estimate of drug-likeness (QED) is 0.899. The third-order valence-electron chi connectivity index (χ3n) is 3.82. The summed E-state index contributed by atoms with van der Waals surface area (Å²) in [6.45, 7) is 7.05. The molecule has 0 spiro atoms. The van der Waals surface area contributed by atoms with Crippen molar-refractivity contribution in [3.63, 3.8) is 0 Å². The Kier molecular flexibility index (Phi) is 3.55. The zero-order valence-electron chi connectivity index (χ0n) is 11.7. The van der Waals surface area contributed by atoms with Crippen molar-refractivity contribution in [1.29, 1.82) is 0 Å². The number of hydrogen-bond donors (Lipinski definition) is 1. The van der Waals surface area contributed by atoms with E-state index in [2.05, 4.69) is 34.0 Å². The zero-order chi connectivity index (χ0) is 13.2. The molecule has 2 fully saturated rings. The van der Waals surface area contributed by atoms with Crippen LogP contribution in [-0.2, 0) is 4.74 Å². The zero-order valence-corrected chi connectivity index (χ0v) is 11.7. The minimum absolute atomic E-state index is 0.389. The van der Waals surface area contributed by atoms with Crippen LogP contribution in [0, 0.1) is 6.92 Å². The van der Waals surface area contributed by atoms with Gasteiger partial charge in [-0.15, -0.1) is 0 Å². The lowest BCUT2D eigenvalue weighted by Gasteiger charge is -2.33. The third kappa shape index (κ3) is 2.66. The highest BCUT2D eigenvalue weighted by Crippen LogP contribution is 2.30. The van der Waals surface area contributed by atoms with Crippen LogP contribution in [0.4, 0.5) is 11.8 Å². The van der Waals surface area contributed by atoms with Crippen LogP contribution in [0.3, 0.4) is 0 Å². The number of ether oxygens (including phenoxy) is 1. The maximum Gasteiger partial charge on any atom is 0.224 e. The Morgan fingerprint density at radius 2 is 2.11 bits per heavy atom. The molecule has 2 aliphatic rings. The number of fused-ring (bicyclic) bond motifs is 2. The standard InChI is InChI=1S/C14H22N4O/c1-3-6-15-14-16-7-10(2)13(17-14)18-8-11-4-5-12(9-18)19-11/h7,11-12H,3-6,8-9H2,1-2H3,(H,15,16,17). The molecule has 0 amide bonds. The Balaban J connectivity index is 1.79. The second kappa shape index (κ2) is 5.33. The van der Waals surface area contributed by atoms with Gasteiger partial charge in [0.05, 0.1) is 12.2 Å². The van der Waals surface area contributed by atoms with Crippen LogP contribution >= 0.6 is 0 Å². The Morgan fingerprint density at radius 3 is 2.79 bits per heavy atom. The number of aryl methyl sites for hydroxylation is 1. The molecular weight excluding hydrogens is 240 g/mol. The van der Waals surface area contributed by atoms with Crippen LogP contribution < -0.4 is 10.2 Å². The van der Waals surface area contributed by atoms with Crippen LogP contribution in [0.15, 0.2) is 6.20 Å². The Labute approximate surface area is 114 Å². The van der Waals surface area contributed by atoms with Crippen molar-refractivity contribution in [1.82, 2.24) is 9.97 Å². The van der Waals surface area contributed by atoms with Crippen LogP contribution in [0.1, 0.15) is 31.7 Å². The van der Waals surface area contributed by atoms with Crippen LogP contribution in [-0.4, -0.2) is 41.8 Å². The first-order valence-electron chi connectivity index (χ1n) is 7.24. The van der Waals surface area contributed by atoms with E-state index in [4.69, 9.17) is 4.74 Å². The lowest BCUT2D eigenvalue weighted by molar-refractivity contribution is 0.0302. The normalized spacial score (nSPS) is 25.7. The molecule has 5 nitrogen and oxygen atoms in total. The maximum atomic E-state index is 5.88. The molecule has 0 radical (unpaired) electrons. The molecule has 5 heteroatoms. The summed E-state index contributed by atoms with van der Waals surface area (Å²) in [7, 11) is 0. The predicted octanol–water partition coefficient (Wildman–Crippen LogP) is 1.97. The molecule has 104 valence electrons. The van der Waals surface area contributed by atoms with Crippen molar-refractivity contribution in [2.24, 2.45) is 0 Å².